The van der Waals surface area contributed by atoms with Gasteiger partial charge < -0.3 is 10.2 Å². The van der Waals surface area contributed by atoms with E-state index in [0.29, 0.717) is 17.7 Å². The van der Waals surface area contributed by atoms with Gasteiger partial charge in [0.25, 0.3) is 5.91 Å². The highest BCUT2D eigenvalue weighted by molar-refractivity contribution is 7.89. The molecule has 1 amide bonds. The van der Waals surface area contributed by atoms with Gasteiger partial charge in [0.05, 0.1) is 4.90 Å². The van der Waals surface area contributed by atoms with E-state index >= 15 is 0 Å². The van der Waals surface area contributed by atoms with Gasteiger partial charge >= 0.3 is 0 Å². The topological polar surface area (TPSA) is 91.4 Å². The fourth-order valence-electron chi connectivity index (χ4n) is 4.10. The number of piperidine rings is 1. The lowest BCUT2D eigenvalue weighted by atomic mass is 10.1. The van der Waals surface area contributed by atoms with Crippen molar-refractivity contribution in [3.05, 3.63) is 89.1 Å². The third kappa shape index (κ3) is 5.81. The van der Waals surface area contributed by atoms with Gasteiger partial charge in [-0.2, -0.15) is 0 Å². The Labute approximate surface area is 201 Å². The first-order valence-electron chi connectivity index (χ1n) is 11.6. The van der Waals surface area contributed by atoms with Crippen LogP contribution < -0.4 is 14.9 Å². The summed E-state index contributed by atoms with van der Waals surface area (Å²) in [4.78, 5) is 19.9. The maximum atomic E-state index is 13.0. The smallest absolute Gasteiger partial charge is 0.251 e. The summed E-state index contributed by atoms with van der Waals surface area (Å²) in [5.74, 6) is 0.590. The molecule has 4 rings (SSSR count). The first kappa shape index (κ1) is 23.9. The molecule has 0 radical (unpaired) electrons. The molecule has 2 heterocycles. The molecule has 0 bridgehead atoms. The lowest BCUT2D eigenvalue weighted by Gasteiger charge is -2.29. The third-order valence-electron chi connectivity index (χ3n) is 6.04. The summed E-state index contributed by atoms with van der Waals surface area (Å²) < 4.78 is 28.3. The minimum Gasteiger partial charge on any atom is -0.356 e. The van der Waals surface area contributed by atoms with E-state index in [1.54, 1.807) is 19.2 Å². The van der Waals surface area contributed by atoms with E-state index in [9.17, 15) is 13.2 Å². The normalized spacial score (nSPS) is 14.1. The molecule has 0 atom stereocenters. The van der Waals surface area contributed by atoms with E-state index in [1.807, 2.05) is 42.5 Å². The molecule has 0 aliphatic carbocycles. The van der Waals surface area contributed by atoms with Crippen molar-refractivity contribution in [3.8, 4) is 0 Å². The number of sulfonamides is 1. The predicted octanol–water partition coefficient (Wildman–Crippen LogP) is 3.79. The quantitative estimate of drug-likeness (QED) is 0.514. The number of rotatable bonds is 8. The molecule has 34 heavy (non-hydrogen) atoms. The van der Waals surface area contributed by atoms with Gasteiger partial charge in [0.1, 0.15) is 5.82 Å². The molecule has 0 spiro atoms. The number of aryl methyl sites for hydroxylation is 1. The molecule has 3 aromatic rings. The zero-order chi connectivity index (χ0) is 24.0. The van der Waals surface area contributed by atoms with Crippen molar-refractivity contribution in [2.45, 2.75) is 44.2 Å². The molecule has 1 aliphatic rings. The van der Waals surface area contributed by atoms with Gasteiger partial charge in [-0.1, -0.05) is 42.5 Å². The fourth-order valence-corrected chi connectivity index (χ4v) is 5.14. The molecule has 8 heteroatoms. The number of benzene rings is 2. The van der Waals surface area contributed by atoms with Crippen molar-refractivity contribution in [2.75, 3.05) is 18.0 Å². The number of carbonyl (C=O) groups excluding carboxylic acids is 1. The summed E-state index contributed by atoms with van der Waals surface area (Å²) in [6.45, 7) is 4.23. The molecule has 0 unspecified atom stereocenters. The van der Waals surface area contributed by atoms with Crippen molar-refractivity contribution in [3.63, 3.8) is 0 Å². The summed E-state index contributed by atoms with van der Waals surface area (Å²) >= 11 is 0. The van der Waals surface area contributed by atoms with Crippen LogP contribution in [0.25, 0.3) is 0 Å². The molecule has 2 N–H and O–H groups in total. The Morgan fingerprint density at radius 1 is 0.971 bits per heavy atom. The summed E-state index contributed by atoms with van der Waals surface area (Å²) in [6, 6.07) is 17.8. The van der Waals surface area contributed by atoms with Crippen LogP contribution in [0.5, 0.6) is 0 Å². The minimum absolute atomic E-state index is 0.0644. The zero-order valence-corrected chi connectivity index (χ0v) is 20.1. The first-order valence-corrected chi connectivity index (χ1v) is 13.0. The van der Waals surface area contributed by atoms with Gasteiger partial charge in [-0.25, -0.2) is 18.1 Å². The Hall–Kier alpha value is -3.23. The lowest BCUT2D eigenvalue weighted by Crippen LogP contribution is -2.32. The summed E-state index contributed by atoms with van der Waals surface area (Å²) in [5, 5.41) is 2.95. The van der Waals surface area contributed by atoms with Gasteiger partial charge in [-0.3, -0.25) is 4.79 Å². The van der Waals surface area contributed by atoms with Crippen molar-refractivity contribution >= 4 is 21.7 Å². The van der Waals surface area contributed by atoms with E-state index in [0.717, 1.165) is 42.9 Å². The Kier molecular flexibility index (Phi) is 7.59. The van der Waals surface area contributed by atoms with Crippen LogP contribution in [-0.2, 0) is 23.1 Å². The average molecular weight is 479 g/mol. The summed E-state index contributed by atoms with van der Waals surface area (Å²) in [7, 11) is -3.77. The van der Waals surface area contributed by atoms with E-state index in [-0.39, 0.29) is 17.3 Å². The third-order valence-corrected chi connectivity index (χ3v) is 7.43. The number of carbonyl (C=O) groups is 1. The highest BCUT2D eigenvalue weighted by atomic mass is 32.2. The molecule has 178 valence electrons. The number of nitrogens with zero attached hydrogens (tertiary/aromatic N) is 2. The fraction of sp³-hybridized carbons (Fsp3) is 0.308. The molecule has 1 saturated heterocycles. The van der Waals surface area contributed by atoms with E-state index in [2.05, 4.69) is 19.9 Å². The summed E-state index contributed by atoms with van der Waals surface area (Å²) in [6.07, 6.45) is 5.28. The van der Waals surface area contributed by atoms with E-state index in [1.165, 1.54) is 18.6 Å². The Bertz CT molecular complexity index is 1240. The second-order valence-electron chi connectivity index (χ2n) is 8.50. The average Bonchev–Trinajstić information content (AvgIpc) is 2.87. The predicted molar refractivity (Wildman–Crippen MR) is 133 cm³/mol. The Balaban J connectivity index is 1.46. The molecule has 1 fully saturated rings. The summed E-state index contributed by atoms with van der Waals surface area (Å²) in [5.41, 5.74) is 2.86. The molecule has 2 aromatic carbocycles. The standard InChI is InChI=1S/C26H30N4O3S/c1-20-12-13-23(34(32,33)29-18-21-9-4-2-5-10-21)17-24(20)26(31)28-19-22-11-8-14-27-25(22)30-15-6-3-7-16-30/h2,4-5,8-14,17,29H,3,6-7,15-16,18-19H2,1H3,(H,28,31). The number of pyridine rings is 1. The van der Waals surface area contributed by atoms with Gasteiger partial charge in [-0.15, -0.1) is 0 Å². The molecule has 7 nitrogen and oxygen atoms in total. The van der Waals surface area contributed by atoms with Crippen LogP contribution in [0, 0.1) is 6.92 Å². The van der Waals surface area contributed by atoms with Gasteiger partial charge in [0.2, 0.25) is 10.0 Å². The lowest BCUT2D eigenvalue weighted by molar-refractivity contribution is 0.0950. The number of nitrogens with one attached hydrogen (secondary N) is 2. The number of amides is 1. The van der Waals surface area contributed by atoms with Gasteiger partial charge in [-0.05, 0) is 55.5 Å². The number of hydrogen-bond acceptors (Lipinski definition) is 5. The second kappa shape index (κ2) is 10.8. The SMILES string of the molecule is Cc1ccc(S(=O)(=O)NCc2ccccc2)cc1C(=O)NCc1cccnc1N1CCCCC1. The van der Waals surface area contributed by atoms with Crippen LogP contribution in [0.3, 0.4) is 0 Å². The molecule has 1 aliphatic heterocycles. The van der Waals surface area contributed by atoms with Gasteiger partial charge in [0.15, 0.2) is 0 Å². The van der Waals surface area contributed by atoms with E-state index in [4.69, 9.17) is 0 Å². The highest BCUT2D eigenvalue weighted by Gasteiger charge is 2.19. The van der Waals surface area contributed by atoms with Crippen LogP contribution >= 0.6 is 0 Å². The van der Waals surface area contributed by atoms with Crippen molar-refractivity contribution < 1.29 is 13.2 Å². The largest absolute Gasteiger partial charge is 0.356 e. The number of hydrogen-bond donors (Lipinski definition) is 2. The molecular weight excluding hydrogens is 448 g/mol. The number of anilines is 1. The second-order valence-corrected chi connectivity index (χ2v) is 10.3. The maximum Gasteiger partial charge on any atom is 0.251 e. The van der Waals surface area contributed by atoms with Crippen LogP contribution in [0.2, 0.25) is 0 Å². The Morgan fingerprint density at radius 2 is 1.74 bits per heavy atom. The van der Waals surface area contributed by atoms with Crippen LogP contribution in [0.15, 0.2) is 71.8 Å². The van der Waals surface area contributed by atoms with Crippen LogP contribution in [0.4, 0.5) is 5.82 Å². The molecule has 1 aromatic heterocycles. The Morgan fingerprint density at radius 3 is 2.50 bits per heavy atom. The van der Waals surface area contributed by atoms with Crippen LogP contribution in [0.1, 0.15) is 46.3 Å². The zero-order valence-electron chi connectivity index (χ0n) is 19.3. The molecular formula is C26H30N4O3S. The first-order chi connectivity index (χ1) is 16.4. The van der Waals surface area contributed by atoms with Crippen molar-refractivity contribution in [1.82, 2.24) is 15.0 Å². The van der Waals surface area contributed by atoms with Crippen molar-refractivity contribution in [2.24, 2.45) is 0 Å². The van der Waals surface area contributed by atoms with Crippen molar-refractivity contribution in [1.29, 1.82) is 0 Å². The monoisotopic (exact) mass is 478 g/mol. The number of aromatic nitrogens is 1. The molecule has 0 saturated carbocycles. The van der Waals surface area contributed by atoms with Crippen LogP contribution in [-0.4, -0.2) is 32.4 Å². The minimum atomic E-state index is -3.77. The van der Waals surface area contributed by atoms with E-state index < -0.39 is 10.0 Å². The maximum absolute atomic E-state index is 13.0. The highest BCUT2D eigenvalue weighted by Crippen LogP contribution is 2.22. The van der Waals surface area contributed by atoms with Gasteiger partial charge in [0, 0.05) is 43.5 Å².